The number of carbonyl (C=O) groups excluding carboxylic acids is 2. The monoisotopic (exact) mass is 307 g/mol. The summed E-state index contributed by atoms with van der Waals surface area (Å²) < 4.78 is 18.2. The Labute approximate surface area is 130 Å². The van der Waals surface area contributed by atoms with Gasteiger partial charge in [-0.25, -0.2) is 4.39 Å². The minimum atomic E-state index is -0.322. The lowest BCUT2D eigenvalue weighted by Crippen LogP contribution is -2.35. The van der Waals surface area contributed by atoms with Crippen LogP contribution in [0.1, 0.15) is 42.1 Å². The zero-order chi connectivity index (χ0) is 16.1. The maximum absolute atomic E-state index is 13.3. The van der Waals surface area contributed by atoms with Crippen molar-refractivity contribution >= 4 is 11.9 Å². The second-order valence-corrected chi connectivity index (χ2v) is 5.71. The third kappa shape index (κ3) is 4.55. The molecule has 120 valence electrons. The van der Waals surface area contributed by atoms with E-state index in [-0.39, 0.29) is 24.1 Å². The predicted molar refractivity (Wildman–Crippen MR) is 81.0 cm³/mol. The van der Waals surface area contributed by atoms with E-state index in [1.807, 2.05) is 0 Å². The molecule has 2 rings (SSSR count). The van der Waals surface area contributed by atoms with E-state index in [9.17, 15) is 14.0 Å². The molecular weight excluding hydrogens is 285 g/mol. The van der Waals surface area contributed by atoms with E-state index in [0.29, 0.717) is 36.7 Å². The van der Waals surface area contributed by atoms with Gasteiger partial charge in [0.05, 0.1) is 13.0 Å². The van der Waals surface area contributed by atoms with Crippen molar-refractivity contribution in [2.24, 2.45) is 5.92 Å². The molecular formula is C17H22FNO3. The highest BCUT2D eigenvalue weighted by Crippen LogP contribution is 2.30. The van der Waals surface area contributed by atoms with E-state index in [1.54, 1.807) is 24.8 Å². The van der Waals surface area contributed by atoms with E-state index >= 15 is 0 Å². The first-order valence-electron chi connectivity index (χ1n) is 7.72. The second kappa shape index (κ2) is 7.38. The Balaban J connectivity index is 2.04. The number of nitrogens with zero attached hydrogens (tertiary/aromatic N) is 1. The number of aryl methyl sites for hydroxylation is 1. The minimum absolute atomic E-state index is 0.153. The summed E-state index contributed by atoms with van der Waals surface area (Å²) in [6.45, 7) is 4.72. The fourth-order valence-corrected chi connectivity index (χ4v) is 2.31. The first-order valence-corrected chi connectivity index (χ1v) is 7.72. The summed E-state index contributed by atoms with van der Waals surface area (Å²) in [5.41, 5.74) is 0.908. The number of rotatable bonds is 7. The van der Waals surface area contributed by atoms with Gasteiger partial charge in [0.2, 0.25) is 0 Å². The first kappa shape index (κ1) is 16.5. The Morgan fingerprint density at radius 1 is 1.36 bits per heavy atom. The van der Waals surface area contributed by atoms with Gasteiger partial charge in [-0.3, -0.25) is 9.59 Å². The van der Waals surface area contributed by atoms with Gasteiger partial charge in [-0.2, -0.15) is 0 Å². The largest absolute Gasteiger partial charge is 0.466 e. The summed E-state index contributed by atoms with van der Waals surface area (Å²) in [4.78, 5) is 25.8. The molecule has 0 heterocycles. The predicted octanol–water partition coefficient (Wildman–Crippen LogP) is 2.94. The van der Waals surface area contributed by atoms with Crippen LogP contribution >= 0.6 is 0 Å². The van der Waals surface area contributed by atoms with E-state index in [0.717, 1.165) is 12.8 Å². The van der Waals surface area contributed by atoms with Gasteiger partial charge >= 0.3 is 5.97 Å². The van der Waals surface area contributed by atoms with Gasteiger partial charge in [0.1, 0.15) is 5.82 Å². The summed E-state index contributed by atoms with van der Waals surface area (Å²) in [5.74, 6) is -0.254. The van der Waals surface area contributed by atoms with Crippen molar-refractivity contribution in [3.05, 3.63) is 35.1 Å². The Bertz CT molecular complexity index is 555. The molecule has 1 saturated carbocycles. The molecule has 1 aliphatic carbocycles. The molecule has 0 radical (unpaired) electrons. The SMILES string of the molecule is CCOC(=O)CCN(CC1CC1)C(=O)c1ccc(F)c(C)c1. The molecule has 1 fully saturated rings. The molecule has 0 atom stereocenters. The van der Waals surface area contributed by atoms with Gasteiger partial charge in [-0.15, -0.1) is 0 Å². The quantitative estimate of drug-likeness (QED) is 0.728. The fraction of sp³-hybridized carbons (Fsp3) is 0.529. The molecule has 0 N–H and O–H groups in total. The summed E-state index contributed by atoms with van der Waals surface area (Å²) >= 11 is 0. The van der Waals surface area contributed by atoms with E-state index in [2.05, 4.69) is 0 Å². The zero-order valence-corrected chi connectivity index (χ0v) is 13.1. The van der Waals surface area contributed by atoms with E-state index in [1.165, 1.54) is 12.1 Å². The number of hydrogen-bond acceptors (Lipinski definition) is 3. The Morgan fingerprint density at radius 2 is 2.09 bits per heavy atom. The van der Waals surface area contributed by atoms with Crippen LogP contribution in [0.25, 0.3) is 0 Å². The lowest BCUT2D eigenvalue weighted by molar-refractivity contribution is -0.143. The van der Waals surface area contributed by atoms with Crippen LogP contribution < -0.4 is 0 Å². The van der Waals surface area contributed by atoms with Crippen molar-refractivity contribution in [1.82, 2.24) is 4.90 Å². The number of amides is 1. The van der Waals surface area contributed by atoms with Crippen LogP contribution in [0, 0.1) is 18.7 Å². The van der Waals surface area contributed by atoms with Crippen molar-refractivity contribution in [2.45, 2.75) is 33.1 Å². The summed E-state index contributed by atoms with van der Waals surface area (Å²) in [5, 5.41) is 0. The molecule has 1 aromatic rings. The number of esters is 1. The topological polar surface area (TPSA) is 46.6 Å². The van der Waals surface area contributed by atoms with Gasteiger partial charge in [0, 0.05) is 18.7 Å². The van der Waals surface area contributed by atoms with Crippen LogP contribution in [-0.4, -0.2) is 36.5 Å². The molecule has 0 bridgehead atoms. The van der Waals surface area contributed by atoms with Crippen molar-refractivity contribution in [2.75, 3.05) is 19.7 Å². The smallest absolute Gasteiger partial charge is 0.307 e. The lowest BCUT2D eigenvalue weighted by atomic mass is 10.1. The van der Waals surface area contributed by atoms with Crippen LogP contribution in [0.5, 0.6) is 0 Å². The van der Waals surface area contributed by atoms with Crippen molar-refractivity contribution in [3.8, 4) is 0 Å². The fourth-order valence-electron chi connectivity index (χ4n) is 2.31. The highest BCUT2D eigenvalue weighted by molar-refractivity contribution is 5.94. The maximum Gasteiger partial charge on any atom is 0.307 e. The molecule has 0 unspecified atom stereocenters. The highest BCUT2D eigenvalue weighted by Gasteiger charge is 2.27. The van der Waals surface area contributed by atoms with E-state index in [4.69, 9.17) is 4.74 Å². The normalized spacial score (nSPS) is 13.8. The molecule has 5 heteroatoms. The van der Waals surface area contributed by atoms with E-state index < -0.39 is 0 Å². The van der Waals surface area contributed by atoms with Crippen LogP contribution in [-0.2, 0) is 9.53 Å². The van der Waals surface area contributed by atoms with Crippen molar-refractivity contribution < 1.29 is 18.7 Å². The second-order valence-electron chi connectivity index (χ2n) is 5.71. The third-order valence-corrected chi connectivity index (χ3v) is 3.76. The van der Waals surface area contributed by atoms with Gasteiger partial charge in [-0.1, -0.05) is 0 Å². The number of hydrogen-bond donors (Lipinski definition) is 0. The molecule has 22 heavy (non-hydrogen) atoms. The molecule has 0 spiro atoms. The highest BCUT2D eigenvalue weighted by atomic mass is 19.1. The molecule has 1 amide bonds. The maximum atomic E-state index is 13.3. The van der Waals surface area contributed by atoms with Gasteiger partial charge in [-0.05, 0) is 56.4 Å². The standard InChI is InChI=1S/C17H22FNO3/c1-3-22-16(20)8-9-19(11-13-4-5-13)17(21)14-6-7-15(18)12(2)10-14/h6-7,10,13H,3-5,8-9,11H2,1-2H3. The molecule has 0 saturated heterocycles. The Morgan fingerprint density at radius 3 is 2.68 bits per heavy atom. The van der Waals surface area contributed by atoms with Crippen LogP contribution in [0.4, 0.5) is 4.39 Å². The molecule has 0 aromatic heterocycles. The zero-order valence-electron chi connectivity index (χ0n) is 13.1. The van der Waals surface area contributed by atoms with Crippen LogP contribution in [0.3, 0.4) is 0 Å². The number of benzene rings is 1. The molecule has 4 nitrogen and oxygen atoms in total. The summed E-state index contributed by atoms with van der Waals surface area (Å²) in [7, 11) is 0. The van der Waals surface area contributed by atoms with Gasteiger partial charge < -0.3 is 9.64 Å². The third-order valence-electron chi connectivity index (χ3n) is 3.76. The molecule has 0 aliphatic heterocycles. The summed E-state index contributed by atoms with van der Waals surface area (Å²) in [6.07, 6.45) is 2.42. The Kier molecular flexibility index (Phi) is 5.52. The van der Waals surface area contributed by atoms with Crippen molar-refractivity contribution in [3.63, 3.8) is 0 Å². The number of ether oxygens (including phenoxy) is 1. The average molecular weight is 307 g/mol. The summed E-state index contributed by atoms with van der Waals surface area (Å²) in [6, 6.07) is 4.36. The van der Waals surface area contributed by atoms with Gasteiger partial charge in [0.25, 0.3) is 5.91 Å². The van der Waals surface area contributed by atoms with Crippen LogP contribution in [0.2, 0.25) is 0 Å². The number of carbonyl (C=O) groups is 2. The number of halogens is 1. The van der Waals surface area contributed by atoms with Gasteiger partial charge in [0.15, 0.2) is 0 Å². The van der Waals surface area contributed by atoms with Crippen LogP contribution in [0.15, 0.2) is 18.2 Å². The lowest BCUT2D eigenvalue weighted by Gasteiger charge is -2.22. The molecule has 1 aliphatic rings. The first-order chi connectivity index (χ1) is 10.5. The molecule has 1 aromatic carbocycles. The average Bonchev–Trinajstić information content (AvgIpc) is 3.30. The van der Waals surface area contributed by atoms with Crippen molar-refractivity contribution in [1.29, 1.82) is 0 Å². The Hall–Kier alpha value is -1.91. The minimum Gasteiger partial charge on any atom is -0.466 e.